The summed E-state index contributed by atoms with van der Waals surface area (Å²) in [5, 5.41) is 0. The van der Waals surface area contributed by atoms with Crippen LogP contribution in [0.2, 0.25) is 0 Å². The Kier molecular flexibility index (Phi) is 5.61. The number of rotatable bonds is 2. The number of hydrogen-bond acceptors (Lipinski definition) is 3. The number of fused-ring (bicyclic) bond motifs is 1. The number of carbonyl (C=O) groups is 3. The molecule has 0 saturated carbocycles. The summed E-state index contributed by atoms with van der Waals surface area (Å²) in [6, 6.07) is 10.1. The van der Waals surface area contributed by atoms with E-state index in [4.69, 9.17) is 0 Å². The summed E-state index contributed by atoms with van der Waals surface area (Å²) < 4.78 is 0. The average Bonchev–Trinajstić information content (AvgIpc) is 3.29. The third-order valence-electron chi connectivity index (χ3n) is 7.00. The molecule has 1 aromatic rings. The van der Waals surface area contributed by atoms with Gasteiger partial charge in [0.1, 0.15) is 6.04 Å². The predicted molar refractivity (Wildman–Crippen MR) is 110 cm³/mol. The van der Waals surface area contributed by atoms with Crippen molar-refractivity contribution in [2.75, 3.05) is 26.2 Å². The zero-order valence-electron chi connectivity index (χ0n) is 17.4. The Morgan fingerprint density at radius 2 is 1.72 bits per heavy atom. The summed E-state index contributed by atoms with van der Waals surface area (Å²) in [6.07, 6.45) is 2.65. The lowest BCUT2D eigenvalue weighted by atomic mass is 9.90. The second kappa shape index (κ2) is 8.17. The average molecular weight is 398 g/mol. The van der Waals surface area contributed by atoms with Crippen LogP contribution in [0.15, 0.2) is 30.3 Å². The van der Waals surface area contributed by atoms with Crippen LogP contribution in [0.4, 0.5) is 0 Å². The van der Waals surface area contributed by atoms with Gasteiger partial charge in [-0.05, 0) is 30.7 Å². The molecule has 0 radical (unpaired) electrons. The highest BCUT2D eigenvalue weighted by atomic mass is 16.2. The molecule has 0 spiro atoms. The van der Waals surface area contributed by atoms with Crippen molar-refractivity contribution in [1.82, 2.24) is 14.7 Å². The van der Waals surface area contributed by atoms with Crippen molar-refractivity contribution in [2.45, 2.75) is 57.5 Å². The molecule has 0 N–H and O–H groups in total. The summed E-state index contributed by atoms with van der Waals surface area (Å²) in [7, 11) is 0. The summed E-state index contributed by atoms with van der Waals surface area (Å²) in [5.41, 5.74) is 1.28. The summed E-state index contributed by atoms with van der Waals surface area (Å²) >= 11 is 0. The first-order valence-corrected chi connectivity index (χ1v) is 10.9. The first-order valence-electron chi connectivity index (χ1n) is 10.9. The van der Waals surface area contributed by atoms with E-state index >= 15 is 0 Å². The number of amides is 3. The van der Waals surface area contributed by atoms with Crippen LogP contribution in [0.5, 0.6) is 0 Å². The molecule has 6 heteroatoms. The SMILES string of the molecule is CC(=O)N1CCC(=O)N2[C@H](CC[C@H]2C(=O)N2CC(c3ccccc3)[C@@H](C)C2)CC1. The molecule has 29 heavy (non-hydrogen) atoms. The quantitative estimate of drug-likeness (QED) is 0.769. The fourth-order valence-corrected chi connectivity index (χ4v) is 5.37. The molecule has 0 aliphatic carbocycles. The van der Waals surface area contributed by atoms with E-state index in [9.17, 15) is 14.4 Å². The molecule has 0 bridgehead atoms. The standard InChI is InChI=1S/C23H31N3O3/c1-16-14-25(15-20(16)18-6-4-3-5-7-18)23(29)21-9-8-19-10-12-24(17(2)27)13-11-22(28)26(19)21/h3-7,16,19-21H,8-15H2,1-2H3/t16-,19+,20?,21-/m0/s1. The Balaban J connectivity index is 1.46. The normalized spacial score (nSPS) is 30.1. The minimum Gasteiger partial charge on any atom is -0.342 e. The van der Waals surface area contributed by atoms with E-state index in [0.29, 0.717) is 31.3 Å². The number of nitrogens with zero attached hydrogens (tertiary/aromatic N) is 3. The van der Waals surface area contributed by atoms with Crippen molar-refractivity contribution in [1.29, 1.82) is 0 Å². The van der Waals surface area contributed by atoms with Crippen molar-refractivity contribution in [3.05, 3.63) is 35.9 Å². The topological polar surface area (TPSA) is 60.9 Å². The van der Waals surface area contributed by atoms with E-state index in [1.54, 1.807) is 11.8 Å². The number of carbonyl (C=O) groups excluding carboxylic acids is 3. The van der Waals surface area contributed by atoms with Crippen LogP contribution in [0.1, 0.15) is 51.0 Å². The molecule has 3 saturated heterocycles. The van der Waals surface area contributed by atoms with Crippen LogP contribution in [0.3, 0.4) is 0 Å². The molecule has 6 nitrogen and oxygen atoms in total. The molecular weight excluding hydrogens is 366 g/mol. The molecule has 4 atom stereocenters. The molecule has 3 fully saturated rings. The second-order valence-corrected chi connectivity index (χ2v) is 8.83. The lowest BCUT2D eigenvalue weighted by molar-refractivity contribution is -0.146. The van der Waals surface area contributed by atoms with E-state index in [0.717, 1.165) is 32.4 Å². The van der Waals surface area contributed by atoms with Gasteiger partial charge in [-0.25, -0.2) is 0 Å². The van der Waals surface area contributed by atoms with Gasteiger partial charge in [0.15, 0.2) is 0 Å². The van der Waals surface area contributed by atoms with Crippen molar-refractivity contribution in [3.63, 3.8) is 0 Å². The highest BCUT2D eigenvalue weighted by Gasteiger charge is 2.45. The highest BCUT2D eigenvalue weighted by Crippen LogP contribution is 2.35. The van der Waals surface area contributed by atoms with Crippen LogP contribution >= 0.6 is 0 Å². The fraction of sp³-hybridized carbons (Fsp3) is 0.609. The van der Waals surface area contributed by atoms with E-state index < -0.39 is 0 Å². The molecule has 3 amide bonds. The zero-order valence-corrected chi connectivity index (χ0v) is 17.4. The number of hydrogen-bond donors (Lipinski definition) is 0. The predicted octanol–water partition coefficient (Wildman–Crippen LogP) is 2.25. The van der Waals surface area contributed by atoms with Crippen molar-refractivity contribution in [3.8, 4) is 0 Å². The summed E-state index contributed by atoms with van der Waals surface area (Å²) in [4.78, 5) is 43.6. The highest BCUT2D eigenvalue weighted by molar-refractivity contribution is 5.89. The van der Waals surface area contributed by atoms with Crippen molar-refractivity contribution in [2.24, 2.45) is 5.92 Å². The maximum atomic E-state index is 13.4. The Labute approximate surface area is 172 Å². The lowest BCUT2D eigenvalue weighted by Crippen LogP contribution is -2.52. The van der Waals surface area contributed by atoms with Crippen LogP contribution in [-0.4, -0.2) is 70.7 Å². The van der Waals surface area contributed by atoms with Gasteiger partial charge in [-0.2, -0.15) is 0 Å². The van der Waals surface area contributed by atoms with Gasteiger partial charge in [0.05, 0.1) is 0 Å². The first kappa shape index (κ1) is 19.9. The Morgan fingerprint density at radius 3 is 2.45 bits per heavy atom. The van der Waals surface area contributed by atoms with Gasteiger partial charge in [0.2, 0.25) is 17.7 Å². The zero-order chi connectivity index (χ0) is 20.5. The third-order valence-corrected chi connectivity index (χ3v) is 7.00. The molecular formula is C23H31N3O3. The lowest BCUT2D eigenvalue weighted by Gasteiger charge is -2.35. The number of benzene rings is 1. The molecule has 156 valence electrons. The van der Waals surface area contributed by atoms with Crippen molar-refractivity contribution < 1.29 is 14.4 Å². The van der Waals surface area contributed by atoms with Gasteiger partial charge in [0.25, 0.3) is 0 Å². The smallest absolute Gasteiger partial charge is 0.245 e. The van der Waals surface area contributed by atoms with Gasteiger partial charge < -0.3 is 14.7 Å². The minimum absolute atomic E-state index is 0.0173. The molecule has 1 unspecified atom stereocenters. The van der Waals surface area contributed by atoms with Crippen LogP contribution in [0.25, 0.3) is 0 Å². The monoisotopic (exact) mass is 397 g/mol. The van der Waals surface area contributed by atoms with Crippen LogP contribution in [-0.2, 0) is 14.4 Å². The van der Waals surface area contributed by atoms with Crippen LogP contribution < -0.4 is 0 Å². The molecule has 0 aromatic heterocycles. The molecule has 3 heterocycles. The fourth-order valence-electron chi connectivity index (χ4n) is 5.37. The second-order valence-electron chi connectivity index (χ2n) is 8.83. The van der Waals surface area contributed by atoms with Crippen molar-refractivity contribution >= 4 is 17.7 Å². The summed E-state index contributed by atoms with van der Waals surface area (Å²) in [5.74, 6) is 0.906. The Bertz CT molecular complexity index is 781. The maximum absolute atomic E-state index is 13.4. The van der Waals surface area contributed by atoms with Gasteiger partial charge in [-0.1, -0.05) is 37.3 Å². The molecule has 1 aromatic carbocycles. The van der Waals surface area contributed by atoms with Gasteiger partial charge >= 0.3 is 0 Å². The van der Waals surface area contributed by atoms with Gasteiger partial charge in [0, 0.05) is 51.5 Å². The molecule has 4 rings (SSSR count). The molecule has 3 aliphatic heterocycles. The largest absolute Gasteiger partial charge is 0.342 e. The summed E-state index contributed by atoms with van der Waals surface area (Å²) in [6.45, 7) is 6.37. The first-order chi connectivity index (χ1) is 14.0. The van der Waals surface area contributed by atoms with Gasteiger partial charge in [-0.3, -0.25) is 14.4 Å². The molecule has 3 aliphatic rings. The van der Waals surface area contributed by atoms with E-state index in [-0.39, 0.29) is 29.8 Å². The van der Waals surface area contributed by atoms with Gasteiger partial charge in [-0.15, -0.1) is 0 Å². The Hall–Kier alpha value is -2.37. The van der Waals surface area contributed by atoms with E-state index in [1.807, 2.05) is 15.9 Å². The third kappa shape index (κ3) is 3.89. The Morgan fingerprint density at radius 1 is 0.966 bits per heavy atom. The van der Waals surface area contributed by atoms with E-state index in [1.165, 1.54) is 5.56 Å². The van der Waals surface area contributed by atoms with E-state index in [2.05, 4.69) is 31.2 Å². The van der Waals surface area contributed by atoms with Crippen LogP contribution in [0, 0.1) is 5.92 Å². The minimum atomic E-state index is -0.335. The maximum Gasteiger partial charge on any atom is 0.245 e. The number of likely N-dealkylation sites (tertiary alicyclic amines) is 1.